The van der Waals surface area contributed by atoms with Crippen LogP contribution in [0.3, 0.4) is 0 Å². The van der Waals surface area contributed by atoms with Gasteiger partial charge in [0.25, 0.3) is 0 Å². The molecule has 0 unspecified atom stereocenters. The van der Waals surface area contributed by atoms with Gasteiger partial charge in [-0.1, -0.05) is 0 Å². The highest BCUT2D eigenvalue weighted by atomic mass is 32.1. The molecule has 0 saturated heterocycles. The molecule has 0 atom stereocenters. The molecule has 0 spiro atoms. The van der Waals surface area contributed by atoms with Crippen LogP contribution in [0.4, 0.5) is 5.95 Å². The summed E-state index contributed by atoms with van der Waals surface area (Å²) in [6.07, 6.45) is 2.47. The number of hydrogen-bond donors (Lipinski definition) is 1. The number of nitrogens with zero attached hydrogens (tertiary/aromatic N) is 2. The van der Waals surface area contributed by atoms with E-state index in [1.807, 2.05) is 5.38 Å². The lowest BCUT2D eigenvalue weighted by Crippen LogP contribution is -1.99. The minimum absolute atomic E-state index is 0.389. The Morgan fingerprint density at radius 2 is 2.20 bits per heavy atom. The zero-order valence-electron chi connectivity index (χ0n) is 8.18. The fourth-order valence-electron chi connectivity index (χ4n) is 1.63. The highest BCUT2D eigenvalue weighted by Crippen LogP contribution is 2.40. The number of hydrogen-bond acceptors (Lipinski definition) is 4. The molecule has 0 amide bonds. The van der Waals surface area contributed by atoms with Gasteiger partial charge in [-0.2, -0.15) is 11.3 Å². The molecule has 15 heavy (non-hydrogen) atoms. The van der Waals surface area contributed by atoms with Gasteiger partial charge in [0.2, 0.25) is 5.95 Å². The van der Waals surface area contributed by atoms with E-state index in [9.17, 15) is 0 Å². The molecule has 3 nitrogen and oxygen atoms in total. The lowest BCUT2D eigenvalue weighted by molar-refractivity contribution is 1.00. The van der Waals surface area contributed by atoms with E-state index in [2.05, 4.69) is 27.5 Å². The minimum Gasteiger partial charge on any atom is -0.368 e. The Hall–Kier alpha value is -1.42. The maximum atomic E-state index is 5.71. The smallest absolute Gasteiger partial charge is 0.220 e. The molecule has 1 aliphatic carbocycles. The Bertz CT molecular complexity index is 475. The van der Waals surface area contributed by atoms with Crippen LogP contribution in [0.25, 0.3) is 11.3 Å². The quantitative estimate of drug-likeness (QED) is 0.841. The summed E-state index contributed by atoms with van der Waals surface area (Å²) < 4.78 is 0. The molecule has 0 aromatic carbocycles. The van der Waals surface area contributed by atoms with Crippen molar-refractivity contribution in [1.82, 2.24) is 9.97 Å². The zero-order chi connectivity index (χ0) is 10.3. The van der Waals surface area contributed by atoms with Crippen LogP contribution in [0.1, 0.15) is 24.5 Å². The predicted molar refractivity (Wildman–Crippen MR) is 61.7 cm³/mol. The largest absolute Gasteiger partial charge is 0.368 e. The molecule has 1 fully saturated rings. The number of anilines is 1. The lowest BCUT2D eigenvalue weighted by Gasteiger charge is -2.02. The monoisotopic (exact) mass is 217 g/mol. The number of nitrogens with two attached hydrogens (primary N) is 1. The molecule has 3 rings (SSSR count). The van der Waals surface area contributed by atoms with Crippen molar-refractivity contribution in [3.8, 4) is 11.3 Å². The highest BCUT2D eigenvalue weighted by molar-refractivity contribution is 7.08. The molecule has 4 heteroatoms. The van der Waals surface area contributed by atoms with Crippen LogP contribution in [0, 0.1) is 0 Å². The first-order valence-corrected chi connectivity index (χ1v) is 5.94. The number of aromatic nitrogens is 2. The SMILES string of the molecule is Nc1nc(-c2ccsc2)cc(C2CC2)n1. The molecule has 2 N–H and O–H groups in total. The third-order valence-corrected chi connectivity index (χ3v) is 3.26. The van der Waals surface area contributed by atoms with Gasteiger partial charge < -0.3 is 5.73 Å². The van der Waals surface area contributed by atoms with Crippen LogP contribution in [-0.4, -0.2) is 9.97 Å². The van der Waals surface area contributed by atoms with Gasteiger partial charge in [-0.15, -0.1) is 0 Å². The van der Waals surface area contributed by atoms with Gasteiger partial charge in [-0.25, -0.2) is 9.97 Å². The zero-order valence-corrected chi connectivity index (χ0v) is 9.00. The first-order chi connectivity index (χ1) is 7.33. The molecule has 76 valence electrons. The van der Waals surface area contributed by atoms with Crippen LogP contribution in [0.2, 0.25) is 0 Å². The van der Waals surface area contributed by atoms with Crippen molar-refractivity contribution in [3.05, 3.63) is 28.6 Å². The molecule has 0 aliphatic heterocycles. The van der Waals surface area contributed by atoms with Gasteiger partial charge in [0.1, 0.15) is 0 Å². The number of thiophene rings is 1. The van der Waals surface area contributed by atoms with Crippen molar-refractivity contribution in [2.75, 3.05) is 5.73 Å². The molecule has 1 aliphatic rings. The normalized spacial score (nSPS) is 15.5. The van der Waals surface area contributed by atoms with Crippen LogP contribution < -0.4 is 5.73 Å². The summed E-state index contributed by atoms with van der Waals surface area (Å²) >= 11 is 1.67. The summed E-state index contributed by atoms with van der Waals surface area (Å²) in [5.74, 6) is 1.01. The van der Waals surface area contributed by atoms with E-state index in [-0.39, 0.29) is 0 Å². The number of nitrogen functional groups attached to an aromatic ring is 1. The van der Waals surface area contributed by atoms with E-state index in [0.29, 0.717) is 11.9 Å². The second kappa shape index (κ2) is 3.31. The van der Waals surface area contributed by atoms with Gasteiger partial charge in [0.15, 0.2) is 0 Å². The van der Waals surface area contributed by atoms with Crippen molar-refractivity contribution >= 4 is 17.3 Å². The molecule has 1 saturated carbocycles. The van der Waals surface area contributed by atoms with Gasteiger partial charge in [0.05, 0.1) is 5.69 Å². The topological polar surface area (TPSA) is 51.8 Å². The third kappa shape index (κ3) is 1.72. The Balaban J connectivity index is 2.07. The fraction of sp³-hybridized carbons (Fsp3) is 0.273. The van der Waals surface area contributed by atoms with Crippen molar-refractivity contribution in [2.45, 2.75) is 18.8 Å². The van der Waals surface area contributed by atoms with E-state index >= 15 is 0 Å². The highest BCUT2D eigenvalue weighted by Gasteiger charge is 2.26. The van der Waals surface area contributed by atoms with Gasteiger partial charge >= 0.3 is 0 Å². The van der Waals surface area contributed by atoms with E-state index in [0.717, 1.165) is 17.0 Å². The molecule has 0 bridgehead atoms. The molecular formula is C11H11N3S. The standard InChI is InChI=1S/C11H11N3S/c12-11-13-9(7-1-2-7)5-10(14-11)8-3-4-15-6-8/h3-7H,1-2H2,(H2,12,13,14). The average Bonchev–Trinajstić information content (AvgIpc) is 2.93. The molecule has 2 heterocycles. The summed E-state index contributed by atoms with van der Waals surface area (Å²) in [7, 11) is 0. The van der Waals surface area contributed by atoms with Crippen molar-refractivity contribution in [2.24, 2.45) is 0 Å². The minimum atomic E-state index is 0.389. The van der Waals surface area contributed by atoms with Crippen molar-refractivity contribution in [3.63, 3.8) is 0 Å². The second-order valence-electron chi connectivity index (χ2n) is 3.82. The third-order valence-electron chi connectivity index (χ3n) is 2.58. The second-order valence-corrected chi connectivity index (χ2v) is 4.60. The Morgan fingerprint density at radius 1 is 1.33 bits per heavy atom. The maximum Gasteiger partial charge on any atom is 0.220 e. The van der Waals surface area contributed by atoms with Crippen LogP contribution in [0.5, 0.6) is 0 Å². The first kappa shape index (κ1) is 8.85. The lowest BCUT2D eigenvalue weighted by atomic mass is 10.2. The van der Waals surface area contributed by atoms with Crippen LogP contribution >= 0.6 is 11.3 Å². The van der Waals surface area contributed by atoms with Gasteiger partial charge in [0, 0.05) is 22.6 Å². The van der Waals surface area contributed by atoms with Crippen molar-refractivity contribution < 1.29 is 0 Å². The van der Waals surface area contributed by atoms with Crippen molar-refractivity contribution in [1.29, 1.82) is 0 Å². The molecular weight excluding hydrogens is 206 g/mol. The van der Waals surface area contributed by atoms with Gasteiger partial charge in [-0.05, 0) is 30.4 Å². The van der Waals surface area contributed by atoms with E-state index in [1.165, 1.54) is 12.8 Å². The summed E-state index contributed by atoms with van der Waals surface area (Å²) in [6.45, 7) is 0. The van der Waals surface area contributed by atoms with Gasteiger partial charge in [-0.3, -0.25) is 0 Å². The average molecular weight is 217 g/mol. The first-order valence-electron chi connectivity index (χ1n) is 5.00. The fourth-order valence-corrected chi connectivity index (χ4v) is 2.28. The summed E-state index contributed by atoms with van der Waals surface area (Å²) in [5, 5.41) is 4.13. The Kier molecular flexibility index (Phi) is 1.95. The van der Waals surface area contributed by atoms with E-state index < -0.39 is 0 Å². The molecule has 0 radical (unpaired) electrons. The van der Waals surface area contributed by atoms with Crippen LogP contribution in [-0.2, 0) is 0 Å². The Morgan fingerprint density at radius 3 is 2.87 bits per heavy atom. The number of rotatable bonds is 2. The maximum absolute atomic E-state index is 5.71. The summed E-state index contributed by atoms with van der Waals surface area (Å²) in [6, 6.07) is 4.12. The summed E-state index contributed by atoms with van der Waals surface area (Å²) in [5.41, 5.74) is 8.90. The van der Waals surface area contributed by atoms with E-state index in [1.54, 1.807) is 11.3 Å². The van der Waals surface area contributed by atoms with E-state index in [4.69, 9.17) is 5.73 Å². The Labute approximate surface area is 92.0 Å². The predicted octanol–water partition coefficient (Wildman–Crippen LogP) is 2.66. The van der Waals surface area contributed by atoms with Crippen LogP contribution in [0.15, 0.2) is 22.9 Å². The summed E-state index contributed by atoms with van der Waals surface area (Å²) in [4.78, 5) is 8.54. The molecule has 2 aromatic heterocycles. The molecule has 2 aromatic rings.